The molecule has 0 bridgehead atoms. The zero-order valence-corrected chi connectivity index (χ0v) is 25.9. The number of likely N-dealkylation sites (N-methyl/N-ethyl adjacent to an activating group) is 1. The Balaban J connectivity index is 1.83. The summed E-state index contributed by atoms with van der Waals surface area (Å²) < 4.78 is 47.3. The predicted octanol–water partition coefficient (Wildman–Crippen LogP) is 5.21. The third kappa shape index (κ3) is 4.57. The van der Waals surface area contributed by atoms with Crippen LogP contribution in [0, 0.1) is 12.7 Å². The van der Waals surface area contributed by atoms with E-state index in [9.17, 15) is 19.5 Å². The maximum absolute atomic E-state index is 15.5. The normalized spacial score (nSPS) is 19.2. The van der Waals surface area contributed by atoms with Gasteiger partial charge in [0, 0.05) is 35.3 Å². The van der Waals surface area contributed by atoms with Gasteiger partial charge in [-0.15, -0.1) is 0 Å². The van der Waals surface area contributed by atoms with Crippen molar-refractivity contribution < 1.29 is 27.9 Å². The molecule has 2 aliphatic rings. The number of ether oxygens (including phenoxy) is 1. The van der Waals surface area contributed by atoms with E-state index < -0.39 is 48.1 Å². The van der Waals surface area contributed by atoms with Crippen molar-refractivity contribution in [3.05, 3.63) is 69.0 Å². The first-order valence-electron chi connectivity index (χ1n) is 15.8. The summed E-state index contributed by atoms with van der Waals surface area (Å²) in [4.78, 5) is 53.6. The lowest BCUT2D eigenvalue weighted by atomic mass is 9.98. The summed E-state index contributed by atoms with van der Waals surface area (Å²) in [5, 5.41) is 10.0. The summed E-state index contributed by atoms with van der Waals surface area (Å²) in [6.07, 6.45) is 0.314. The number of rotatable bonds is 4. The molecule has 4 aromatic rings. The fraction of sp³-hybridized carbons (Fsp3) is 0.344. The minimum absolute atomic E-state index is 0.00614. The van der Waals surface area contributed by atoms with Gasteiger partial charge in [0.2, 0.25) is 0 Å². The van der Waals surface area contributed by atoms with Crippen molar-refractivity contribution in [2.24, 2.45) is 0 Å². The van der Waals surface area contributed by atoms with E-state index in [1.807, 2.05) is 13.8 Å². The molecule has 2 aliphatic heterocycles. The predicted molar refractivity (Wildman–Crippen MR) is 170 cm³/mol. The number of piperazine rings is 1. The summed E-state index contributed by atoms with van der Waals surface area (Å²) in [6, 6.07) is 5.44. The second kappa shape index (κ2) is 11.0. The Kier molecular flexibility index (Phi) is 6.53. The van der Waals surface area contributed by atoms with Crippen LogP contribution in [0.2, 0.25) is 5.02 Å². The van der Waals surface area contributed by atoms with Gasteiger partial charge in [0.15, 0.2) is 5.65 Å². The Bertz CT molecular complexity index is 2070. The Morgan fingerprint density at radius 1 is 1.20 bits per heavy atom. The van der Waals surface area contributed by atoms with E-state index in [1.165, 1.54) is 35.9 Å². The summed E-state index contributed by atoms with van der Waals surface area (Å²) in [5.74, 6) is -1.73. The first-order chi connectivity index (χ1) is 22.6. The fourth-order valence-corrected chi connectivity index (χ4v) is 6.52. The van der Waals surface area contributed by atoms with Gasteiger partial charge in [-0.1, -0.05) is 31.5 Å². The number of amides is 2. The van der Waals surface area contributed by atoms with E-state index in [0.717, 1.165) is 4.90 Å². The maximum Gasteiger partial charge on any atom is 0.407 e. The molecule has 0 spiro atoms. The van der Waals surface area contributed by atoms with Crippen molar-refractivity contribution in [3.8, 4) is 22.7 Å². The second-order valence-corrected chi connectivity index (χ2v) is 11.9. The van der Waals surface area contributed by atoms with E-state index >= 15 is 4.39 Å². The number of hydrogen-bond acceptors (Lipinski definition) is 7. The van der Waals surface area contributed by atoms with Crippen LogP contribution in [0.3, 0.4) is 0 Å². The van der Waals surface area contributed by atoms with Crippen molar-refractivity contribution in [2.75, 3.05) is 37.0 Å². The van der Waals surface area contributed by atoms with Gasteiger partial charge in [-0.2, -0.15) is 0 Å². The van der Waals surface area contributed by atoms with Crippen LogP contribution in [0.5, 0.6) is 5.75 Å². The zero-order chi connectivity index (χ0) is 35.0. The number of carbonyl (C=O) groups is 2. The van der Waals surface area contributed by atoms with Crippen molar-refractivity contribution in [2.45, 2.75) is 45.7 Å². The average molecular weight is 638 g/mol. The van der Waals surface area contributed by atoms with Crippen LogP contribution in [0.15, 0.2) is 41.3 Å². The molecule has 1 saturated heterocycles. The molecule has 2 amide bonds. The molecule has 1 aromatic carbocycles. The Hall–Kier alpha value is -4.71. The molecule has 1 fully saturated rings. The molecule has 0 unspecified atom stereocenters. The Morgan fingerprint density at radius 2 is 1.96 bits per heavy atom. The lowest BCUT2D eigenvalue weighted by Crippen LogP contribution is -2.66. The second-order valence-electron chi connectivity index (χ2n) is 11.5. The minimum atomic E-state index is -3.14. The first-order valence-corrected chi connectivity index (χ1v) is 14.6. The lowest BCUT2D eigenvalue weighted by molar-refractivity contribution is -0.120. The van der Waals surface area contributed by atoms with Crippen LogP contribution in [0.1, 0.15) is 42.1 Å². The van der Waals surface area contributed by atoms with Gasteiger partial charge in [-0.05, 0) is 49.6 Å². The number of aryl methyl sites for hydroxylation is 1. The summed E-state index contributed by atoms with van der Waals surface area (Å²) in [7, 11) is 1.37. The third-order valence-electron chi connectivity index (χ3n) is 8.41. The molecular weight excluding hydrogens is 603 g/mol. The van der Waals surface area contributed by atoms with E-state index in [4.69, 9.17) is 25.4 Å². The molecule has 0 radical (unpaired) electrons. The Morgan fingerprint density at radius 3 is 2.62 bits per heavy atom. The number of anilines is 2. The summed E-state index contributed by atoms with van der Waals surface area (Å²) >= 11 is 6.88. The highest BCUT2D eigenvalue weighted by molar-refractivity contribution is 6.34. The molecule has 6 rings (SSSR count). The lowest BCUT2D eigenvalue weighted by Gasteiger charge is -2.49. The maximum atomic E-state index is 15.5. The molecule has 45 heavy (non-hydrogen) atoms. The van der Waals surface area contributed by atoms with Crippen molar-refractivity contribution in [1.82, 2.24) is 19.4 Å². The number of methoxy groups -OCH3 is 1. The van der Waals surface area contributed by atoms with E-state index in [-0.39, 0.29) is 57.8 Å². The number of pyridine rings is 3. The standard InChI is InChI=1S/C32H32ClFN6O5/c1-15(2)24-26(16(3)10-11-35-24)40-29-18(12-19(33)25(36-29)23-20(34)8-7-9-22(23)45-6)27-28(31(40)42)37(5)30(41)21-14-38(32(43)44)17(4)13-39(21)27/h7-12,15,17,21H,13-14H2,1-6H3,(H,43,44)/t17-,21-/m1/s1/i5D3. The van der Waals surface area contributed by atoms with Crippen molar-refractivity contribution >= 4 is 46.0 Å². The number of aromatic nitrogens is 3. The molecule has 13 heteroatoms. The third-order valence-corrected chi connectivity index (χ3v) is 8.70. The van der Waals surface area contributed by atoms with Crippen LogP contribution >= 0.6 is 11.6 Å². The Labute approximate surface area is 267 Å². The SMILES string of the molecule is [2H]C([2H])([2H])N1C(=O)[C@H]2CN(C(=O)O)[C@H](C)CN2c2c1c(=O)n(-c1c(C)ccnc1C(C)C)c1nc(-c3c(F)cccc3OC)c(Cl)cc21. The number of halogens is 2. The molecule has 2 atom stereocenters. The highest BCUT2D eigenvalue weighted by Crippen LogP contribution is 2.45. The highest BCUT2D eigenvalue weighted by atomic mass is 35.5. The van der Waals surface area contributed by atoms with Crippen LogP contribution < -0.4 is 20.1 Å². The van der Waals surface area contributed by atoms with Crippen molar-refractivity contribution in [3.63, 3.8) is 0 Å². The number of benzene rings is 1. The molecule has 1 N–H and O–H groups in total. The number of fused-ring (bicyclic) bond motifs is 5. The monoisotopic (exact) mass is 637 g/mol. The first kappa shape index (κ1) is 26.7. The van der Waals surface area contributed by atoms with Gasteiger partial charge in [-0.25, -0.2) is 14.2 Å². The molecular formula is C32H32ClFN6O5. The number of hydrogen-bond donors (Lipinski definition) is 1. The van der Waals surface area contributed by atoms with Gasteiger partial charge in [0.25, 0.3) is 11.5 Å². The van der Waals surface area contributed by atoms with Crippen LogP contribution in [-0.4, -0.2) is 75.8 Å². The highest BCUT2D eigenvalue weighted by Gasteiger charge is 2.46. The van der Waals surface area contributed by atoms with Crippen LogP contribution in [-0.2, 0) is 4.79 Å². The smallest absolute Gasteiger partial charge is 0.407 e. The van der Waals surface area contributed by atoms with E-state index in [0.29, 0.717) is 21.8 Å². The zero-order valence-electron chi connectivity index (χ0n) is 28.1. The number of carbonyl (C=O) groups excluding carboxylic acids is 1. The van der Waals surface area contributed by atoms with Crippen LogP contribution in [0.25, 0.3) is 28.0 Å². The fourth-order valence-electron chi connectivity index (χ4n) is 6.28. The molecule has 0 saturated carbocycles. The molecule has 3 aromatic heterocycles. The average Bonchev–Trinajstić information content (AvgIpc) is 3.00. The van der Waals surface area contributed by atoms with Gasteiger partial charge < -0.3 is 24.5 Å². The largest absolute Gasteiger partial charge is 0.496 e. The summed E-state index contributed by atoms with van der Waals surface area (Å²) in [5.41, 5.74) is 0.0329. The quantitative estimate of drug-likeness (QED) is 0.324. The van der Waals surface area contributed by atoms with E-state index in [1.54, 1.807) is 31.0 Å². The van der Waals surface area contributed by atoms with E-state index in [2.05, 4.69) is 4.98 Å². The van der Waals surface area contributed by atoms with Crippen LogP contribution in [0.4, 0.5) is 20.6 Å². The molecule has 234 valence electrons. The minimum Gasteiger partial charge on any atom is -0.496 e. The topological polar surface area (TPSA) is 121 Å². The van der Waals surface area contributed by atoms with Gasteiger partial charge in [0.05, 0.1) is 47.0 Å². The number of nitrogens with zero attached hydrogens (tertiary/aromatic N) is 6. The molecule has 0 aliphatic carbocycles. The van der Waals surface area contributed by atoms with Crippen molar-refractivity contribution in [1.29, 1.82) is 0 Å². The molecule has 11 nitrogen and oxygen atoms in total. The van der Waals surface area contributed by atoms with Gasteiger partial charge in [0.1, 0.15) is 23.3 Å². The van der Waals surface area contributed by atoms with Gasteiger partial charge in [-0.3, -0.25) is 19.1 Å². The summed E-state index contributed by atoms with van der Waals surface area (Å²) in [6.45, 7) is 3.63. The van der Waals surface area contributed by atoms with Gasteiger partial charge >= 0.3 is 6.09 Å². The number of carboxylic acid groups (broad SMARTS) is 1. The molecule has 5 heterocycles.